The fourth-order valence-corrected chi connectivity index (χ4v) is 1.03. The molecule has 4 heteroatoms. The first-order valence-corrected chi connectivity index (χ1v) is 4.20. The highest BCUT2D eigenvalue weighted by molar-refractivity contribution is 5.75. The molecule has 0 heterocycles. The number of nitrogens with one attached hydrogen (secondary N) is 1. The Balaban J connectivity index is 2.45. The van der Waals surface area contributed by atoms with Gasteiger partial charge in [-0.1, -0.05) is 12.1 Å². The van der Waals surface area contributed by atoms with Crippen molar-refractivity contribution >= 4 is 5.91 Å². The summed E-state index contributed by atoms with van der Waals surface area (Å²) in [5, 5.41) is 11.4. The molecule has 0 atom stereocenters. The number of benzene rings is 1. The van der Waals surface area contributed by atoms with E-state index in [4.69, 9.17) is 11.0 Å². The molecule has 3 N–H and O–H groups in total. The summed E-state index contributed by atoms with van der Waals surface area (Å²) in [6, 6.07) is 9.19. The molecule has 0 aliphatic rings. The topological polar surface area (TPSA) is 78.9 Å². The maximum atomic E-state index is 10.4. The summed E-state index contributed by atoms with van der Waals surface area (Å²) in [6.45, 7) is 0.745. The van der Waals surface area contributed by atoms with Crippen molar-refractivity contribution < 1.29 is 4.79 Å². The Labute approximate surface area is 82.3 Å². The summed E-state index contributed by atoms with van der Waals surface area (Å²) in [7, 11) is 0. The van der Waals surface area contributed by atoms with Crippen LogP contribution in [0.3, 0.4) is 0 Å². The SMILES string of the molecule is N#Cc1ccc(CNCC(N)=O)cc1. The molecule has 0 aliphatic carbocycles. The fourth-order valence-electron chi connectivity index (χ4n) is 1.03. The smallest absolute Gasteiger partial charge is 0.231 e. The molecular weight excluding hydrogens is 178 g/mol. The first-order chi connectivity index (χ1) is 6.72. The zero-order chi connectivity index (χ0) is 10.4. The van der Waals surface area contributed by atoms with E-state index in [2.05, 4.69) is 5.32 Å². The Bertz CT molecular complexity index is 351. The third-order valence-corrected chi connectivity index (χ3v) is 1.71. The average Bonchev–Trinajstić information content (AvgIpc) is 2.18. The maximum absolute atomic E-state index is 10.4. The minimum atomic E-state index is -0.376. The van der Waals surface area contributed by atoms with Gasteiger partial charge >= 0.3 is 0 Å². The number of primary amides is 1. The van der Waals surface area contributed by atoms with Crippen molar-refractivity contribution in [2.24, 2.45) is 5.73 Å². The summed E-state index contributed by atoms with van der Waals surface area (Å²) in [5.74, 6) is -0.376. The lowest BCUT2D eigenvalue weighted by molar-refractivity contribution is -0.117. The van der Waals surface area contributed by atoms with Gasteiger partial charge < -0.3 is 11.1 Å². The van der Waals surface area contributed by atoms with Gasteiger partial charge in [-0.15, -0.1) is 0 Å². The number of nitriles is 1. The molecule has 0 saturated heterocycles. The molecule has 1 aromatic rings. The van der Waals surface area contributed by atoms with Crippen LogP contribution in [-0.2, 0) is 11.3 Å². The minimum Gasteiger partial charge on any atom is -0.369 e. The Hall–Kier alpha value is -1.86. The van der Waals surface area contributed by atoms with Gasteiger partial charge in [0, 0.05) is 6.54 Å². The van der Waals surface area contributed by atoms with Crippen LogP contribution < -0.4 is 11.1 Å². The summed E-state index contributed by atoms with van der Waals surface area (Å²) in [6.07, 6.45) is 0. The van der Waals surface area contributed by atoms with Gasteiger partial charge in [0.2, 0.25) is 5.91 Å². The van der Waals surface area contributed by atoms with Crippen molar-refractivity contribution in [1.29, 1.82) is 5.26 Å². The number of hydrogen-bond donors (Lipinski definition) is 2. The lowest BCUT2D eigenvalue weighted by Crippen LogP contribution is -2.28. The van der Waals surface area contributed by atoms with Gasteiger partial charge in [0.15, 0.2) is 0 Å². The maximum Gasteiger partial charge on any atom is 0.231 e. The monoisotopic (exact) mass is 189 g/mol. The second-order valence-electron chi connectivity index (χ2n) is 2.88. The molecule has 1 rings (SSSR count). The quantitative estimate of drug-likeness (QED) is 0.706. The zero-order valence-electron chi connectivity index (χ0n) is 7.66. The van der Waals surface area contributed by atoms with Crippen molar-refractivity contribution in [1.82, 2.24) is 5.32 Å². The predicted molar refractivity (Wildman–Crippen MR) is 52.1 cm³/mol. The van der Waals surface area contributed by atoms with Crippen molar-refractivity contribution in [3.63, 3.8) is 0 Å². The summed E-state index contributed by atoms with van der Waals surface area (Å²) in [4.78, 5) is 10.4. The van der Waals surface area contributed by atoms with E-state index >= 15 is 0 Å². The largest absolute Gasteiger partial charge is 0.369 e. The normalized spacial score (nSPS) is 9.36. The molecule has 1 amide bonds. The molecule has 0 aliphatic heterocycles. The third-order valence-electron chi connectivity index (χ3n) is 1.71. The van der Waals surface area contributed by atoms with E-state index in [9.17, 15) is 4.79 Å². The van der Waals surface area contributed by atoms with Crippen molar-refractivity contribution in [3.8, 4) is 6.07 Å². The van der Waals surface area contributed by atoms with Gasteiger partial charge in [-0.25, -0.2) is 0 Å². The van der Waals surface area contributed by atoms with E-state index in [0.29, 0.717) is 12.1 Å². The summed E-state index contributed by atoms with van der Waals surface area (Å²) in [5.41, 5.74) is 6.60. The van der Waals surface area contributed by atoms with E-state index in [0.717, 1.165) is 5.56 Å². The molecule has 0 fully saturated rings. The Kier molecular flexibility index (Phi) is 3.65. The summed E-state index contributed by atoms with van der Waals surface area (Å²) >= 11 is 0. The van der Waals surface area contributed by atoms with Crippen molar-refractivity contribution in [2.75, 3.05) is 6.54 Å². The highest BCUT2D eigenvalue weighted by Crippen LogP contribution is 2.02. The van der Waals surface area contributed by atoms with Gasteiger partial charge in [-0.2, -0.15) is 5.26 Å². The third kappa shape index (κ3) is 3.25. The lowest BCUT2D eigenvalue weighted by Gasteiger charge is -2.01. The van der Waals surface area contributed by atoms with Crippen LogP contribution in [0.25, 0.3) is 0 Å². The zero-order valence-corrected chi connectivity index (χ0v) is 7.66. The van der Waals surface area contributed by atoms with Gasteiger partial charge in [0.25, 0.3) is 0 Å². The van der Waals surface area contributed by atoms with E-state index in [1.807, 2.05) is 18.2 Å². The first kappa shape index (κ1) is 10.2. The standard InChI is InChI=1S/C10H11N3O/c11-5-8-1-3-9(4-2-8)6-13-7-10(12)14/h1-4,13H,6-7H2,(H2,12,14). The van der Waals surface area contributed by atoms with E-state index in [1.54, 1.807) is 12.1 Å². The molecule has 4 nitrogen and oxygen atoms in total. The fraction of sp³-hybridized carbons (Fsp3) is 0.200. The average molecular weight is 189 g/mol. The molecule has 0 unspecified atom stereocenters. The van der Waals surface area contributed by atoms with Gasteiger partial charge in [0.1, 0.15) is 0 Å². The molecule has 0 saturated carbocycles. The molecule has 0 radical (unpaired) electrons. The Morgan fingerprint density at radius 1 is 1.43 bits per heavy atom. The molecule has 0 bridgehead atoms. The molecule has 0 aromatic heterocycles. The van der Waals surface area contributed by atoms with Crippen molar-refractivity contribution in [2.45, 2.75) is 6.54 Å². The van der Waals surface area contributed by atoms with Crippen LogP contribution >= 0.6 is 0 Å². The minimum absolute atomic E-state index is 0.167. The van der Waals surface area contributed by atoms with Crippen LogP contribution in [-0.4, -0.2) is 12.5 Å². The predicted octanol–water partition coefficient (Wildman–Crippen LogP) is 0.133. The van der Waals surface area contributed by atoms with Crippen molar-refractivity contribution in [3.05, 3.63) is 35.4 Å². The van der Waals surface area contributed by atoms with Crippen LogP contribution in [0.1, 0.15) is 11.1 Å². The summed E-state index contributed by atoms with van der Waals surface area (Å²) < 4.78 is 0. The van der Waals surface area contributed by atoms with Crippen LogP contribution in [0, 0.1) is 11.3 Å². The van der Waals surface area contributed by atoms with Crippen LogP contribution in [0.4, 0.5) is 0 Å². The molecule has 72 valence electrons. The Morgan fingerprint density at radius 3 is 2.57 bits per heavy atom. The van der Waals surface area contributed by atoms with Crippen LogP contribution in [0.2, 0.25) is 0 Å². The first-order valence-electron chi connectivity index (χ1n) is 4.20. The Morgan fingerprint density at radius 2 is 2.07 bits per heavy atom. The second-order valence-corrected chi connectivity index (χ2v) is 2.88. The van der Waals surface area contributed by atoms with E-state index in [-0.39, 0.29) is 12.5 Å². The number of hydrogen-bond acceptors (Lipinski definition) is 3. The number of rotatable bonds is 4. The number of carbonyl (C=O) groups is 1. The highest BCUT2D eigenvalue weighted by atomic mass is 16.1. The molecule has 1 aromatic carbocycles. The number of carbonyl (C=O) groups excluding carboxylic acids is 1. The molecule has 14 heavy (non-hydrogen) atoms. The van der Waals surface area contributed by atoms with Crippen LogP contribution in [0.15, 0.2) is 24.3 Å². The highest BCUT2D eigenvalue weighted by Gasteiger charge is 1.95. The van der Waals surface area contributed by atoms with Gasteiger partial charge in [-0.05, 0) is 17.7 Å². The van der Waals surface area contributed by atoms with Crippen LogP contribution in [0.5, 0.6) is 0 Å². The lowest BCUT2D eigenvalue weighted by atomic mass is 10.1. The van der Waals surface area contributed by atoms with Gasteiger partial charge in [0.05, 0.1) is 18.2 Å². The number of nitrogens with two attached hydrogens (primary N) is 1. The number of amides is 1. The van der Waals surface area contributed by atoms with E-state index < -0.39 is 0 Å². The molecule has 0 spiro atoms. The number of nitrogens with zero attached hydrogens (tertiary/aromatic N) is 1. The molecular formula is C10H11N3O. The van der Waals surface area contributed by atoms with E-state index in [1.165, 1.54) is 0 Å². The van der Waals surface area contributed by atoms with Gasteiger partial charge in [-0.3, -0.25) is 4.79 Å². The second kappa shape index (κ2) is 5.00.